The van der Waals surface area contributed by atoms with Gasteiger partial charge in [0, 0.05) is 87.1 Å². The number of pyridine rings is 1. The number of amidine groups is 1. The predicted molar refractivity (Wildman–Crippen MR) is 223 cm³/mol. The molecule has 1 saturated carbocycles. The molecule has 1 aliphatic carbocycles. The van der Waals surface area contributed by atoms with E-state index in [1.807, 2.05) is 22.7 Å². The summed E-state index contributed by atoms with van der Waals surface area (Å²) in [4.78, 5) is 51.1. The van der Waals surface area contributed by atoms with Crippen LogP contribution >= 0.6 is 0 Å². The molecule has 5 aliphatic rings. The molecule has 4 N–H and O–H groups in total. The number of hydrogen-bond acceptors (Lipinski definition) is 12. The first-order valence-corrected chi connectivity index (χ1v) is 20.6. The second kappa shape index (κ2) is 15.1. The van der Waals surface area contributed by atoms with Crippen molar-refractivity contribution in [3.8, 4) is 17.6 Å². The van der Waals surface area contributed by atoms with Crippen LogP contribution in [0.25, 0.3) is 5.65 Å². The normalized spacial score (nSPS) is 24.1. The van der Waals surface area contributed by atoms with Crippen molar-refractivity contribution in [2.24, 2.45) is 27.6 Å². The second-order valence-electron chi connectivity index (χ2n) is 17.8. The Labute approximate surface area is 345 Å². The first kappa shape index (κ1) is 40.0. The average Bonchev–Trinajstić information content (AvgIpc) is 3.65. The number of methoxy groups -OCH3 is 1. The number of nitrogens with two attached hydrogens (primary N) is 1. The smallest absolute Gasteiger partial charge is 0.329 e. The zero-order valence-corrected chi connectivity index (χ0v) is 34.7. The molecule has 312 valence electrons. The number of nitriles is 1. The molecule has 4 fully saturated rings. The molecule has 0 unspecified atom stereocenters. The number of nitrogens with zero attached hydrogens (tertiary/aromatic N) is 8. The minimum atomic E-state index is -1.45. The lowest BCUT2D eigenvalue weighted by Crippen LogP contribution is -2.85. The molecule has 16 heteroatoms. The highest BCUT2D eigenvalue weighted by atomic mass is 16.5. The first-order valence-electron chi connectivity index (χ1n) is 20.6. The van der Waals surface area contributed by atoms with Crippen LogP contribution in [0, 0.1) is 28.1 Å². The minimum Gasteiger partial charge on any atom is -0.495 e. The van der Waals surface area contributed by atoms with Gasteiger partial charge in [-0.05, 0) is 68.5 Å². The van der Waals surface area contributed by atoms with Gasteiger partial charge in [0.05, 0.1) is 18.9 Å². The summed E-state index contributed by atoms with van der Waals surface area (Å²) in [5, 5.41) is 16.8. The van der Waals surface area contributed by atoms with E-state index >= 15 is 0 Å². The molecular weight excluding hydrogens is 751 g/mol. The number of hydrogen-bond donors (Lipinski definition) is 3. The third kappa shape index (κ3) is 6.78. The summed E-state index contributed by atoms with van der Waals surface area (Å²) >= 11 is 0. The minimum absolute atomic E-state index is 0.258. The van der Waals surface area contributed by atoms with Crippen molar-refractivity contribution >= 4 is 40.8 Å². The number of rotatable bonds is 10. The lowest BCUT2D eigenvalue weighted by molar-refractivity contribution is -0.258. The fourth-order valence-corrected chi connectivity index (χ4v) is 10.9. The molecule has 3 saturated heterocycles. The number of amides is 4. The number of likely N-dealkylation sites (tertiary alicyclic amines) is 1. The Balaban J connectivity index is 0.850. The molecule has 6 heterocycles. The van der Waals surface area contributed by atoms with Crippen LogP contribution in [-0.4, -0.2) is 113 Å². The second-order valence-corrected chi connectivity index (χ2v) is 17.8. The summed E-state index contributed by atoms with van der Waals surface area (Å²) in [6.45, 7) is 15.3. The molecule has 1 aromatic carbocycles. The van der Waals surface area contributed by atoms with Crippen molar-refractivity contribution in [1.82, 2.24) is 29.9 Å². The summed E-state index contributed by atoms with van der Waals surface area (Å²) in [6.07, 6.45) is 11.7. The van der Waals surface area contributed by atoms with E-state index in [2.05, 4.69) is 76.3 Å². The molecular formula is C43H55N11O5. The molecule has 3 aromatic rings. The number of imidazole rings is 1. The Kier molecular flexibility index (Phi) is 10.2. The third-order valence-electron chi connectivity index (χ3n) is 13.5. The Morgan fingerprint density at radius 2 is 1.75 bits per heavy atom. The lowest BCUT2D eigenvalue weighted by atomic mass is 9.39. The Morgan fingerprint density at radius 1 is 1.00 bits per heavy atom. The number of aromatic nitrogens is 2. The van der Waals surface area contributed by atoms with Crippen molar-refractivity contribution in [3.05, 3.63) is 60.4 Å². The zero-order valence-electron chi connectivity index (χ0n) is 34.7. The van der Waals surface area contributed by atoms with E-state index in [4.69, 9.17) is 20.3 Å². The molecule has 2 aromatic heterocycles. The van der Waals surface area contributed by atoms with E-state index in [1.165, 1.54) is 7.11 Å². The van der Waals surface area contributed by atoms with Gasteiger partial charge in [-0.1, -0.05) is 27.7 Å². The summed E-state index contributed by atoms with van der Waals surface area (Å²) in [6, 6.07) is 10.9. The number of hydrazone groups is 1. The van der Waals surface area contributed by atoms with Crippen LogP contribution in [-0.2, 0) is 9.59 Å². The van der Waals surface area contributed by atoms with E-state index in [0.29, 0.717) is 35.3 Å². The largest absolute Gasteiger partial charge is 0.495 e. The number of piperazine rings is 1. The van der Waals surface area contributed by atoms with Gasteiger partial charge < -0.3 is 25.0 Å². The molecule has 16 nitrogen and oxygen atoms in total. The highest BCUT2D eigenvalue weighted by molar-refractivity contribution is 6.05. The molecule has 0 spiro atoms. The molecule has 4 amide bonds. The molecule has 59 heavy (non-hydrogen) atoms. The number of piperidine rings is 1. The van der Waals surface area contributed by atoms with Gasteiger partial charge in [0.1, 0.15) is 34.9 Å². The van der Waals surface area contributed by atoms with Crippen molar-refractivity contribution in [1.29, 1.82) is 5.26 Å². The fraction of sp³-hybridized carbons (Fsp3) is 0.535. The quantitative estimate of drug-likeness (QED) is 0.270. The SMILES string of the molecule is COc1cc(OC2([C@@]3(C(N)=O)C=CC(N4CCC(CCN5CCN(c6ccn7c(N8CCC(=O)NC8=O)cnc7c6)CC5)CC4)=NN3)C(C)(C)CC2(C)C)ccc1C#N. The van der Waals surface area contributed by atoms with Gasteiger partial charge in [0.25, 0.3) is 5.91 Å². The van der Waals surface area contributed by atoms with Crippen LogP contribution in [0.5, 0.6) is 11.5 Å². The molecule has 4 aliphatic heterocycles. The number of anilines is 2. The van der Waals surface area contributed by atoms with Crippen LogP contribution < -0.4 is 35.7 Å². The monoisotopic (exact) mass is 805 g/mol. The van der Waals surface area contributed by atoms with Gasteiger partial charge in [0.2, 0.25) is 5.91 Å². The van der Waals surface area contributed by atoms with Crippen LogP contribution in [0.4, 0.5) is 16.3 Å². The van der Waals surface area contributed by atoms with Crippen LogP contribution in [0.3, 0.4) is 0 Å². The number of nitrogens with one attached hydrogen (secondary N) is 2. The molecule has 0 bridgehead atoms. The van der Waals surface area contributed by atoms with E-state index < -0.39 is 33.9 Å². The van der Waals surface area contributed by atoms with Gasteiger partial charge in [0.15, 0.2) is 11.1 Å². The number of carbonyl (C=O) groups is 3. The maximum atomic E-state index is 13.7. The molecule has 8 rings (SSSR count). The number of imide groups is 1. The van der Waals surface area contributed by atoms with Gasteiger partial charge in [-0.15, -0.1) is 0 Å². The highest BCUT2D eigenvalue weighted by Crippen LogP contribution is 2.68. The Bertz CT molecular complexity index is 2230. The number of urea groups is 1. The van der Waals surface area contributed by atoms with Crippen molar-refractivity contribution in [2.45, 2.75) is 70.9 Å². The maximum Gasteiger partial charge on any atom is 0.329 e. The third-order valence-corrected chi connectivity index (χ3v) is 13.5. The summed E-state index contributed by atoms with van der Waals surface area (Å²) in [5.41, 5.74) is 8.28. The van der Waals surface area contributed by atoms with Crippen LogP contribution in [0.15, 0.2) is 60.0 Å². The number of carbonyl (C=O) groups excluding carboxylic acids is 3. The first-order chi connectivity index (χ1) is 28.2. The van der Waals surface area contributed by atoms with Crippen LogP contribution in [0.2, 0.25) is 0 Å². The number of benzene rings is 1. The summed E-state index contributed by atoms with van der Waals surface area (Å²) in [5.74, 6) is 2.08. The number of ether oxygens (including phenoxy) is 2. The number of primary amides is 1. The van der Waals surface area contributed by atoms with Gasteiger partial charge in [-0.25, -0.2) is 9.78 Å². The van der Waals surface area contributed by atoms with Gasteiger partial charge in [-0.2, -0.15) is 10.4 Å². The zero-order chi connectivity index (χ0) is 41.7. The topological polar surface area (TPSA) is 186 Å². The fourth-order valence-electron chi connectivity index (χ4n) is 10.9. The number of fused-ring (bicyclic) bond motifs is 1. The van der Waals surface area contributed by atoms with E-state index in [-0.39, 0.29) is 12.3 Å². The van der Waals surface area contributed by atoms with Crippen LogP contribution in [0.1, 0.15) is 65.4 Å². The highest BCUT2D eigenvalue weighted by Gasteiger charge is 2.78. The Morgan fingerprint density at radius 3 is 2.37 bits per heavy atom. The van der Waals surface area contributed by atoms with E-state index in [9.17, 15) is 19.6 Å². The van der Waals surface area contributed by atoms with E-state index in [1.54, 1.807) is 29.3 Å². The van der Waals surface area contributed by atoms with Crippen molar-refractivity contribution in [3.63, 3.8) is 0 Å². The maximum absolute atomic E-state index is 13.7. The van der Waals surface area contributed by atoms with Crippen molar-refractivity contribution < 1.29 is 23.9 Å². The lowest BCUT2D eigenvalue weighted by Gasteiger charge is -2.70. The predicted octanol–water partition coefficient (Wildman–Crippen LogP) is 3.86. The standard InChI is InChI=1S/C43H55N11O5/c1-40(2)28-41(3,4)43(40,59-32-7-6-30(26-44)33(25-32)58-5)42(38(45)56)14-8-34(48-49-42)52-16-10-29(11-17-52)9-15-50-20-22-51(23-21-50)31-12-18-53-35(24-31)46-27-37(53)54-19-13-36(55)47-39(54)57/h6-8,12,14,18,24-25,27,29,49H,9-11,13,15-17,19-23,28H2,1-5H3,(H2,45,56)(H,47,55,57)/t42-/m0/s1. The van der Waals surface area contributed by atoms with Gasteiger partial charge >= 0.3 is 6.03 Å². The average molecular weight is 806 g/mol. The Hall–Kier alpha value is -5.82. The van der Waals surface area contributed by atoms with E-state index in [0.717, 1.165) is 88.7 Å². The van der Waals surface area contributed by atoms with Gasteiger partial charge in [-0.3, -0.25) is 34.5 Å². The summed E-state index contributed by atoms with van der Waals surface area (Å²) in [7, 11) is 1.51. The molecule has 0 radical (unpaired) electrons. The summed E-state index contributed by atoms with van der Waals surface area (Å²) < 4.78 is 14.3. The molecule has 1 atom stereocenters. The van der Waals surface area contributed by atoms with Crippen molar-refractivity contribution in [2.75, 3.05) is 69.3 Å².